The van der Waals surface area contributed by atoms with E-state index in [4.69, 9.17) is 5.26 Å². The van der Waals surface area contributed by atoms with E-state index < -0.39 is 0 Å². The Morgan fingerprint density at radius 2 is 1.96 bits per heavy atom. The maximum absolute atomic E-state index is 12.3. The predicted octanol–water partition coefficient (Wildman–Crippen LogP) is 3.49. The first-order valence-electron chi connectivity index (χ1n) is 7.85. The highest BCUT2D eigenvalue weighted by Gasteiger charge is 2.15. The second-order valence-electron chi connectivity index (χ2n) is 5.88. The number of hydrogen-bond donors (Lipinski definition) is 2. The highest BCUT2D eigenvalue weighted by atomic mass is 16.2. The number of anilines is 2. The van der Waals surface area contributed by atoms with Gasteiger partial charge in [0.05, 0.1) is 11.6 Å². The summed E-state index contributed by atoms with van der Waals surface area (Å²) in [4.78, 5) is 12.3. The van der Waals surface area contributed by atoms with Crippen LogP contribution in [0.1, 0.15) is 30.0 Å². The molecule has 23 heavy (non-hydrogen) atoms. The lowest BCUT2D eigenvalue weighted by atomic mass is 10.1. The Labute approximate surface area is 136 Å². The smallest absolute Gasteiger partial charge is 0.246 e. The van der Waals surface area contributed by atoms with E-state index >= 15 is 0 Å². The summed E-state index contributed by atoms with van der Waals surface area (Å²) >= 11 is 0. The molecule has 0 aromatic heterocycles. The van der Waals surface area contributed by atoms with E-state index in [1.807, 2.05) is 13.0 Å². The Bertz CT molecular complexity index is 776. The molecule has 0 aliphatic heterocycles. The Kier molecular flexibility index (Phi) is 4.29. The first-order valence-corrected chi connectivity index (χ1v) is 7.85. The molecule has 0 fully saturated rings. The van der Waals surface area contributed by atoms with Gasteiger partial charge in [0.25, 0.3) is 0 Å². The molecule has 0 spiro atoms. The lowest BCUT2D eigenvalue weighted by Gasteiger charge is -2.16. The molecule has 1 amide bonds. The quantitative estimate of drug-likeness (QED) is 0.909. The Hall–Kier alpha value is -2.80. The van der Waals surface area contributed by atoms with Crippen molar-refractivity contribution in [1.29, 1.82) is 5.26 Å². The van der Waals surface area contributed by atoms with E-state index in [9.17, 15) is 4.79 Å². The molecule has 0 saturated heterocycles. The van der Waals surface area contributed by atoms with Crippen molar-refractivity contribution < 1.29 is 4.79 Å². The van der Waals surface area contributed by atoms with Crippen LogP contribution in [0.25, 0.3) is 0 Å². The number of aryl methyl sites for hydroxylation is 2. The Morgan fingerprint density at radius 3 is 2.78 bits per heavy atom. The average molecular weight is 305 g/mol. The van der Waals surface area contributed by atoms with Gasteiger partial charge >= 0.3 is 0 Å². The molecule has 1 atom stereocenters. The molecule has 0 unspecified atom stereocenters. The fourth-order valence-electron chi connectivity index (χ4n) is 2.89. The Morgan fingerprint density at radius 1 is 1.13 bits per heavy atom. The van der Waals surface area contributed by atoms with Gasteiger partial charge in [0.2, 0.25) is 5.91 Å². The summed E-state index contributed by atoms with van der Waals surface area (Å²) in [5, 5.41) is 15.0. The van der Waals surface area contributed by atoms with Gasteiger partial charge in [-0.25, -0.2) is 0 Å². The molecule has 116 valence electrons. The zero-order chi connectivity index (χ0) is 16.2. The van der Waals surface area contributed by atoms with Gasteiger partial charge in [-0.1, -0.05) is 12.1 Å². The third kappa shape index (κ3) is 3.51. The van der Waals surface area contributed by atoms with E-state index in [2.05, 4.69) is 28.8 Å². The zero-order valence-electron chi connectivity index (χ0n) is 13.1. The van der Waals surface area contributed by atoms with Crippen LogP contribution in [-0.2, 0) is 17.6 Å². The number of nitrogens with zero attached hydrogens (tertiary/aromatic N) is 1. The van der Waals surface area contributed by atoms with Crippen molar-refractivity contribution in [2.75, 3.05) is 10.6 Å². The van der Waals surface area contributed by atoms with E-state index in [0.29, 0.717) is 11.3 Å². The van der Waals surface area contributed by atoms with E-state index in [-0.39, 0.29) is 11.9 Å². The fourth-order valence-corrected chi connectivity index (χ4v) is 2.89. The number of amides is 1. The van der Waals surface area contributed by atoms with E-state index in [1.54, 1.807) is 24.3 Å². The van der Waals surface area contributed by atoms with Crippen LogP contribution < -0.4 is 10.6 Å². The summed E-state index contributed by atoms with van der Waals surface area (Å²) in [5.41, 5.74) is 4.93. The summed E-state index contributed by atoms with van der Waals surface area (Å²) < 4.78 is 0. The first kappa shape index (κ1) is 15.1. The van der Waals surface area contributed by atoms with Crippen LogP contribution in [0.2, 0.25) is 0 Å². The molecule has 4 heteroatoms. The highest BCUT2D eigenvalue weighted by Crippen LogP contribution is 2.25. The normalized spacial score (nSPS) is 13.7. The van der Waals surface area contributed by atoms with Crippen LogP contribution in [0, 0.1) is 11.3 Å². The Balaban J connectivity index is 1.64. The highest BCUT2D eigenvalue weighted by molar-refractivity contribution is 5.96. The van der Waals surface area contributed by atoms with Crippen LogP contribution in [0.15, 0.2) is 42.5 Å². The second-order valence-corrected chi connectivity index (χ2v) is 5.88. The van der Waals surface area contributed by atoms with Gasteiger partial charge in [0.15, 0.2) is 0 Å². The van der Waals surface area contributed by atoms with Crippen molar-refractivity contribution in [3.63, 3.8) is 0 Å². The third-order valence-electron chi connectivity index (χ3n) is 4.13. The molecule has 1 aliphatic carbocycles. The second kappa shape index (κ2) is 6.53. The minimum absolute atomic E-state index is 0.124. The minimum atomic E-state index is -0.361. The van der Waals surface area contributed by atoms with Crippen LogP contribution >= 0.6 is 0 Å². The maximum atomic E-state index is 12.3. The number of carbonyl (C=O) groups excluding carboxylic acids is 1. The van der Waals surface area contributed by atoms with Crippen molar-refractivity contribution in [3.05, 3.63) is 59.2 Å². The summed E-state index contributed by atoms with van der Waals surface area (Å²) in [5.74, 6) is -0.124. The monoisotopic (exact) mass is 305 g/mol. The molecular formula is C19H19N3O. The molecule has 4 nitrogen and oxygen atoms in total. The zero-order valence-corrected chi connectivity index (χ0v) is 13.1. The molecule has 0 radical (unpaired) electrons. The van der Waals surface area contributed by atoms with Gasteiger partial charge in [-0.2, -0.15) is 5.26 Å². The molecule has 0 heterocycles. The largest absolute Gasteiger partial charge is 0.374 e. The van der Waals surface area contributed by atoms with Gasteiger partial charge in [-0.15, -0.1) is 0 Å². The summed E-state index contributed by atoms with van der Waals surface area (Å²) in [6.45, 7) is 1.83. The van der Waals surface area contributed by atoms with Crippen molar-refractivity contribution in [2.24, 2.45) is 0 Å². The molecule has 3 rings (SSSR count). The topological polar surface area (TPSA) is 64.9 Å². The molecule has 2 aromatic rings. The SMILES string of the molecule is C[C@H](Nc1ccc2c(c1)CCC2)C(=O)Nc1cccc(C#N)c1. The molecule has 1 aliphatic rings. The van der Waals surface area contributed by atoms with Crippen molar-refractivity contribution in [3.8, 4) is 6.07 Å². The molecule has 0 bridgehead atoms. The summed E-state index contributed by atoms with van der Waals surface area (Å²) in [6, 6.07) is 14.9. The lowest BCUT2D eigenvalue weighted by molar-refractivity contribution is -0.116. The number of fused-ring (bicyclic) bond motifs is 1. The number of nitrogens with one attached hydrogen (secondary N) is 2. The molecular weight excluding hydrogens is 286 g/mol. The first-order chi connectivity index (χ1) is 11.2. The number of hydrogen-bond acceptors (Lipinski definition) is 3. The number of carbonyl (C=O) groups is 1. The average Bonchev–Trinajstić information content (AvgIpc) is 3.02. The van der Waals surface area contributed by atoms with Gasteiger partial charge < -0.3 is 10.6 Å². The van der Waals surface area contributed by atoms with Crippen LogP contribution in [0.3, 0.4) is 0 Å². The lowest BCUT2D eigenvalue weighted by Crippen LogP contribution is -2.31. The number of nitriles is 1. The van der Waals surface area contributed by atoms with Crippen LogP contribution in [0.4, 0.5) is 11.4 Å². The number of benzene rings is 2. The predicted molar refractivity (Wildman–Crippen MR) is 91.3 cm³/mol. The summed E-state index contributed by atoms with van der Waals surface area (Å²) in [6.07, 6.45) is 3.48. The van der Waals surface area contributed by atoms with Crippen molar-refractivity contribution in [1.82, 2.24) is 0 Å². The van der Waals surface area contributed by atoms with Crippen molar-refractivity contribution >= 4 is 17.3 Å². The van der Waals surface area contributed by atoms with E-state index in [0.717, 1.165) is 18.5 Å². The van der Waals surface area contributed by atoms with Gasteiger partial charge in [0.1, 0.15) is 6.04 Å². The molecule has 2 N–H and O–H groups in total. The fraction of sp³-hybridized carbons (Fsp3) is 0.263. The van der Waals surface area contributed by atoms with Crippen LogP contribution in [0.5, 0.6) is 0 Å². The maximum Gasteiger partial charge on any atom is 0.246 e. The minimum Gasteiger partial charge on any atom is -0.374 e. The van der Waals surface area contributed by atoms with Gasteiger partial charge in [0, 0.05) is 11.4 Å². The summed E-state index contributed by atoms with van der Waals surface area (Å²) in [7, 11) is 0. The van der Waals surface area contributed by atoms with E-state index in [1.165, 1.54) is 17.5 Å². The van der Waals surface area contributed by atoms with Crippen molar-refractivity contribution in [2.45, 2.75) is 32.2 Å². The van der Waals surface area contributed by atoms with Crippen LogP contribution in [-0.4, -0.2) is 11.9 Å². The van der Waals surface area contributed by atoms with Gasteiger partial charge in [-0.3, -0.25) is 4.79 Å². The molecule has 0 saturated carbocycles. The molecule has 2 aromatic carbocycles. The van der Waals surface area contributed by atoms with Gasteiger partial charge in [-0.05, 0) is 67.6 Å². The third-order valence-corrected chi connectivity index (χ3v) is 4.13. The number of rotatable bonds is 4. The standard InChI is InChI=1S/C19H19N3O/c1-13(19(23)22-17-7-2-4-14(10-17)12-20)21-18-9-8-15-5-3-6-16(15)11-18/h2,4,7-11,13,21H,3,5-6H2,1H3,(H,22,23)/t13-/m0/s1.